The van der Waals surface area contributed by atoms with Crippen molar-refractivity contribution in [1.29, 1.82) is 0 Å². The van der Waals surface area contributed by atoms with Gasteiger partial charge in [0.1, 0.15) is 0 Å². The molecule has 1 aliphatic rings. The van der Waals surface area contributed by atoms with E-state index in [9.17, 15) is 8.42 Å². The Balaban J connectivity index is 1.83. The van der Waals surface area contributed by atoms with E-state index in [2.05, 4.69) is 34.6 Å². The summed E-state index contributed by atoms with van der Waals surface area (Å²) in [5, 5.41) is 6.77. The molecular weight excluding hydrogens is 364 g/mol. The number of likely N-dealkylation sites (N-methyl/N-ethyl adjacent to an activating group) is 1. The first kappa shape index (κ1) is 21.7. The van der Waals surface area contributed by atoms with Crippen molar-refractivity contribution in [1.82, 2.24) is 15.5 Å². The van der Waals surface area contributed by atoms with Gasteiger partial charge in [0.05, 0.1) is 4.90 Å². The third kappa shape index (κ3) is 6.19. The summed E-state index contributed by atoms with van der Waals surface area (Å²) < 4.78 is 28.5. The van der Waals surface area contributed by atoms with Crippen LogP contribution in [-0.4, -0.2) is 78.5 Å². The number of guanidine groups is 1. The zero-order chi connectivity index (χ0) is 19.9. The minimum atomic E-state index is -3.15. The number of benzene rings is 1. The third-order valence-corrected chi connectivity index (χ3v) is 6.37. The van der Waals surface area contributed by atoms with Crippen LogP contribution >= 0.6 is 0 Å². The Morgan fingerprint density at radius 2 is 1.81 bits per heavy atom. The van der Waals surface area contributed by atoms with Crippen molar-refractivity contribution < 1.29 is 13.2 Å². The molecule has 0 aromatic heterocycles. The molecule has 1 aromatic rings. The van der Waals surface area contributed by atoms with Crippen LogP contribution in [0.1, 0.15) is 18.4 Å². The summed E-state index contributed by atoms with van der Waals surface area (Å²) in [5.74, 6) is 0.774. The average molecular weight is 397 g/mol. The van der Waals surface area contributed by atoms with E-state index in [-0.39, 0.29) is 5.54 Å². The molecular formula is C19H32N4O3S. The zero-order valence-corrected chi connectivity index (χ0v) is 17.6. The van der Waals surface area contributed by atoms with Gasteiger partial charge in [-0.15, -0.1) is 0 Å². The molecule has 1 aromatic carbocycles. The molecule has 8 heteroatoms. The maximum atomic E-state index is 11.5. The Kier molecular flexibility index (Phi) is 7.64. The van der Waals surface area contributed by atoms with Crippen LogP contribution in [0.4, 0.5) is 0 Å². The van der Waals surface area contributed by atoms with Crippen molar-refractivity contribution in [3.63, 3.8) is 0 Å². The Bertz CT molecular complexity index is 724. The lowest BCUT2D eigenvalue weighted by atomic mass is 9.88. The molecule has 2 rings (SSSR count). The molecule has 27 heavy (non-hydrogen) atoms. The highest BCUT2D eigenvalue weighted by molar-refractivity contribution is 7.90. The summed E-state index contributed by atoms with van der Waals surface area (Å²) in [6.45, 7) is 3.10. The molecule has 0 unspecified atom stereocenters. The largest absolute Gasteiger partial charge is 0.381 e. The first-order valence-corrected chi connectivity index (χ1v) is 11.1. The molecule has 0 aliphatic carbocycles. The fraction of sp³-hybridized carbons (Fsp3) is 0.632. The molecule has 0 spiro atoms. The lowest BCUT2D eigenvalue weighted by molar-refractivity contribution is -0.00501. The smallest absolute Gasteiger partial charge is 0.191 e. The van der Waals surface area contributed by atoms with E-state index >= 15 is 0 Å². The van der Waals surface area contributed by atoms with Gasteiger partial charge in [-0.05, 0) is 51.1 Å². The first-order chi connectivity index (χ1) is 12.8. The van der Waals surface area contributed by atoms with E-state index in [0.29, 0.717) is 4.90 Å². The average Bonchev–Trinajstić information content (AvgIpc) is 2.64. The van der Waals surface area contributed by atoms with Crippen molar-refractivity contribution in [2.75, 3.05) is 53.7 Å². The van der Waals surface area contributed by atoms with Crippen LogP contribution in [0, 0.1) is 0 Å². The van der Waals surface area contributed by atoms with E-state index < -0.39 is 9.84 Å². The molecule has 0 bridgehead atoms. The van der Waals surface area contributed by atoms with Gasteiger partial charge in [0.2, 0.25) is 0 Å². The maximum Gasteiger partial charge on any atom is 0.191 e. The quantitative estimate of drug-likeness (QED) is 0.527. The zero-order valence-electron chi connectivity index (χ0n) is 16.8. The van der Waals surface area contributed by atoms with E-state index in [0.717, 1.165) is 57.1 Å². The minimum Gasteiger partial charge on any atom is -0.381 e. The molecule has 1 aliphatic heterocycles. The van der Waals surface area contributed by atoms with Crippen molar-refractivity contribution in [3.05, 3.63) is 29.8 Å². The fourth-order valence-corrected chi connectivity index (χ4v) is 3.86. The molecule has 0 radical (unpaired) electrons. The summed E-state index contributed by atoms with van der Waals surface area (Å²) in [4.78, 5) is 6.93. The van der Waals surface area contributed by atoms with Gasteiger partial charge >= 0.3 is 0 Å². The second-order valence-corrected chi connectivity index (χ2v) is 9.27. The summed E-state index contributed by atoms with van der Waals surface area (Å²) in [6.07, 6.45) is 4.00. The van der Waals surface area contributed by atoms with E-state index in [1.54, 1.807) is 19.2 Å². The highest BCUT2D eigenvalue weighted by atomic mass is 32.2. The Morgan fingerprint density at radius 1 is 1.19 bits per heavy atom. The Morgan fingerprint density at radius 3 is 2.33 bits per heavy atom. The van der Waals surface area contributed by atoms with Crippen LogP contribution in [-0.2, 0) is 21.0 Å². The molecule has 7 nitrogen and oxygen atoms in total. The summed E-state index contributed by atoms with van der Waals surface area (Å²) in [7, 11) is 2.85. The number of hydrogen-bond donors (Lipinski definition) is 2. The Labute approximate surface area is 163 Å². The molecule has 1 fully saturated rings. The second kappa shape index (κ2) is 9.52. The van der Waals surface area contributed by atoms with Crippen molar-refractivity contribution in [2.24, 2.45) is 4.99 Å². The van der Waals surface area contributed by atoms with Crippen LogP contribution in [0.15, 0.2) is 34.2 Å². The monoisotopic (exact) mass is 396 g/mol. The van der Waals surface area contributed by atoms with Crippen molar-refractivity contribution in [2.45, 2.75) is 29.7 Å². The summed E-state index contributed by atoms with van der Waals surface area (Å²) in [6, 6.07) is 7.03. The lowest BCUT2D eigenvalue weighted by Gasteiger charge is -2.43. The maximum absolute atomic E-state index is 11.5. The minimum absolute atomic E-state index is 0.0807. The van der Waals surface area contributed by atoms with Gasteiger partial charge in [0.15, 0.2) is 15.8 Å². The molecule has 1 heterocycles. The van der Waals surface area contributed by atoms with E-state index in [1.807, 2.05) is 12.1 Å². The van der Waals surface area contributed by atoms with Gasteiger partial charge in [-0.25, -0.2) is 8.42 Å². The van der Waals surface area contributed by atoms with Crippen LogP contribution in [0.3, 0.4) is 0 Å². The summed E-state index contributed by atoms with van der Waals surface area (Å²) in [5.41, 5.74) is 1.16. The fourth-order valence-electron chi connectivity index (χ4n) is 3.23. The van der Waals surface area contributed by atoms with Crippen LogP contribution in [0.5, 0.6) is 0 Å². The predicted molar refractivity (Wildman–Crippen MR) is 109 cm³/mol. The molecule has 0 atom stereocenters. The number of hydrogen-bond acceptors (Lipinski definition) is 5. The molecule has 1 saturated heterocycles. The SMILES string of the molecule is CN=C(NCCc1ccc(S(C)(=O)=O)cc1)NCC1(N(C)C)CCOCC1. The van der Waals surface area contributed by atoms with Gasteiger partial charge in [-0.2, -0.15) is 0 Å². The predicted octanol–water partition coefficient (Wildman–Crippen LogP) is 0.908. The Hall–Kier alpha value is -1.64. The standard InChI is InChI=1S/C19H32N4O3S/c1-20-18(22-15-19(23(2)3)10-13-26-14-11-19)21-12-9-16-5-7-17(8-6-16)27(4,24)25/h5-8H,9-15H2,1-4H3,(H2,20,21,22). The molecule has 2 N–H and O–H groups in total. The van der Waals surface area contributed by atoms with Gasteiger partial charge in [-0.1, -0.05) is 12.1 Å². The van der Waals surface area contributed by atoms with Crippen LogP contribution in [0.25, 0.3) is 0 Å². The third-order valence-electron chi connectivity index (χ3n) is 5.24. The van der Waals surface area contributed by atoms with Gasteiger partial charge in [-0.3, -0.25) is 4.99 Å². The van der Waals surface area contributed by atoms with E-state index in [1.165, 1.54) is 6.26 Å². The van der Waals surface area contributed by atoms with Crippen molar-refractivity contribution in [3.8, 4) is 0 Å². The van der Waals surface area contributed by atoms with Gasteiger partial charge in [0, 0.05) is 45.1 Å². The lowest BCUT2D eigenvalue weighted by Crippen LogP contribution is -2.57. The van der Waals surface area contributed by atoms with Crippen LogP contribution in [0.2, 0.25) is 0 Å². The highest BCUT2D eigenvalue weighted by Crippen LogP contribution is 2.24. The second-order valence-electron chi connectivity index (χ2n) is 7.25. The normalized spacial score (nSPS) is 17.7. The van der Waals surface area contributed by atoms with Gasteiger partial charge in [0.25, 0.3) is 0 Å². The number of ether oxygens (including phenoxy) is 1. The molecule has 152 valence electrons. The van der Waals surface area contributed by atoms with Crippen molar-refractivity contribution >= 4 is 15.8 Å². The topological polar surface area (TPSA) is 83.0 Å². The number of rotatable bonds is 7. The number of nitrogens with one attached hydrogen (secondary N) is 2. The number of nitrogens with zero attached hydrogens (tertiary/aromatic N) is 2. The van der Waals surface area contributed by atoms with E-state index in [4.69, 9.17) is 4.74 Å². The first-order valence-electron chi connectivity index (χ1n) is 9.25. The molecule has 0 amide bonds. The van der Waals surface area contributed by atoms with Crippen LogP contribution < -0.4 is 10.6 Å². The number of sulfone groups is 1. The van der Waals surface area contributed by atoms with Gasteiger partial charge < -0.3 is 20.3 Å². The molecule has 0 saturated carbocycles. The number of aliphatic imine (C=N–C) groups is 1. The summed E-state index contributed by atoms with van der Waals surface area (Å²) >= 11 is 0. The highest BCUT2D eigenvalue weighted by Gasteiger charge is 2.34.